The predicted octanol–water partition coefficient (Wildman–Crippen LogP) is 2.62. The zero-order chi connectivity index (χ0) is 12.0. The van der Waals surface area contributed by atoms with Gasteiger partial charge in [-0.05, 0) is 44.5 Å². The Morgan fingerprint density at radius 1 is 1.12 bits per heavy atom. The number of rotatable bonds is 6. The molecule has 1 rings (SSSR count). The first-order valence-corrected chi connectivity index (χ1v) is 5.71. The van der Waals surface area contributed by atoms with Crippen LogP contribution in [0.1, 0.15) is 27.2 Å². The van der Waals surface area contributed by atoms with E-state index in [9.17, 15) is 5.11 Å². The molecule has 0 heterocycles. The molecule has 0 bridgehead atoms. The monoisotopic (exact) mass is 224 g/mol. The highest BCUT2D eigenvalue weighted by molar-refractivity contribution is 5.31. The summed E-state index contributed by atoms with van der Waals surface area (Å²) in [6.07, 6.45) is 0.315. The topological polar surface area (TPSA) is 38.7 Å². The van der Waals surface area contributed by atoms with Crippen LogP contribution in [0.3, 0.4) is 0 Å². The molecule has 90 valence electrons. The van der Waals surface area contributed by atoms with Gasteiger partial charge in [-0.25, -0.2) is 0 Å². The molecule has 1 aromatic carbocycles. The molecule has 3 nitrogen and oxygen atoms in total. The van der Waals surface area contributed by atoms with Gasteiger partial charge in [-0.15, -0.1) is 0 Å². The third kappa shape index (κ3) is 4.11. The van der Waals surface area contributed by atoms with Gasteiger partial charge < -0.3 is 14.6 Å². The lowest BCUT2D eigenvalue weighted by Gasteiger charge is -2.17. The van der Waals surface area contributed by atoms with Crippen molar-refractivity contribution in [2.24, 2.45) is 0 Å². The second kappa shape index (κ2) is 6.38. The summed E-state index contributed by atoms with van der Waals surface area (Å²) in [4.78, 5) is 0. The first-order chi connectivity index (χ1) is 7.63. The molecule has 1 N–H and O–H groups in total. The second-order valence-electron chi connectivity index (χ2n) is 3.88. The fraction of sp³-hybridized carbons (Fsp3) is 0.538. The maximum absolute atomic E-state index is 9.30. The number of ether oxygens (including phenoxy) is 2. The molecule has 0 aliphatic rings. The van der Waals surface area contributed by atoms with E-state index in [-0.39, 0.29) is 6.10 Å². The highest BCUT2D eigenvalue weighted by Crippen LogP contribution is 2.19. The highest BCUT2D eigenvalue weighted by Gasteiger charge is 2.09. The van der Waals surface area contributed by atoms with Crippen LogP contribution in [0, 0.1) is 0 Å². The van der Waals surface area contributed by atoms with Gasteiger partial charge in [-0.3, -0.25) is 0 Å². The van der Waals surface area contributed by atoms with Crippen LogP contribution in [0.4, 0.5) is 0 Å². The van der Waals surface area contributed by atoms with Crippen molar-refractivity contribution in [3.63, 3.8) is 0 Å². The zero-order valence-electron chi connectivity index (χ0n) is 10.1. The average Bonchev–Trinajstić information content (AvgIpc) is 2.28. The number of aliphatic hydroxyl groups excluding tert-OH is 1. The van der Waals surface area contributed by atoms with Crippen LogP contribution in [0.15, 0.2) is 24.3 Å². The van der Waals surface area contributed by atoms with Gasteiger partial charge in [0, 0.05) is 0 Å². The number of aliphatic hydroxyl groups is 1. The fourth-order valence-electron chi connectivity index (χ4n) is 1.15. The van der Waals surface area contributed by atoms with E-state index in [1.807, 2.05) is 31.2 Å². The molecule has 3 heteroatoms. The minimum Gasteiger partial charge on any atom is -0.494 e. The number of benzene rings is 1. The van der Waals surface area contributed by atoms with Crippen LogP contribution in [0.5, 0.6) is 11.5 Å². The number of hydrogen-bond acceptors (Lipinski definition) is 3. The van der Waals surface area contributed by atoms with Crippen molar-refractivity contribution in [1.29, 1.82) is 0 Å². The Morgan fingerprint density at radius 3 is 2.19 bits per heavy atom. The molecule has 2 atom stereocenters. The van der Waals surface area contributed by atoms with Crippen LogP contribution in [-0.2, 0) is 0 Å². The molecule has 0 fully saturated rings. The predicted molar refractivity (Wildman–Crippen MR) is 64.0 cm³/mol. The molecule has 16 heavy (non-hydrogen) atoms. The molecule has 0 spiro atoms. The van der Waals surface area contributed by atoms with Gasteiger partial charge >= 0.3 is 0 Å². The summed E-state index contributed by atoms with van der Waals surface area (Å²) in [5.41, 5.74) is 0. The van der Waals surface area contributed by atoms with Gasteiger partial charge in [0.15, 0.2) is 0 Å². The minimum atomic E-state index is -0.476. The number of hydrogen-bond donors (Lipinski definition) is 1. The molecule has 0 saturated carbocycles. The van der Waals surface area contributed by atoms with Crippen LogP contribution < -0.4 is 9.47 Å². The third-order valence-electron chi connectivity index (χ3n) is 2.30. The molecule has 0 saturated heterocycles. The van der Waals surface area contributed by atoms with Crippen molar-refractivity contribution in [3.8, 4) is 11.5 Å². The molecule has 0 aliphatic heterocycles. The molecule has 0 aromatic heterocycles. The summed E-state index contributed by atoms with van der Waals surface area (Å²) in [6.45, 7) is 6.35. The van der Waals surface area contributed by atoms with Crippen molar-refractivity contribution in [1.82, 2.24) is 0 Å². The molecule has 0 radical (unpaired) electrons. The Bertz CT molecular complexity index is 293. The smallest absolute Gasteiger partial charge is 0.121 e. The maximum Gasteiger partial charge on any atom is 0.121 e. The Kier molecular flexibility index (Phi) is 5.12. The molecule has 0 amide bonds. The molecule has 0 aliphatic carbocycles. The molecular weight excluding hydrogens is 204 g/mol. The first kappa shape index (κ1) is 12.8. The summed E-state index contributed by atoms with van der Waals surface area (Å²) in [6, 6.07) is 7.45. The minimum absolute atomic E-state index is 0.206. The van der Waals surface area contributed by atoms with E-state index in [0.717, 1.165) is 24.5 Å². The fourth-order valence-corrected chi connectivity index (χ4v) is 1.15. The Morgan fingerprint density at radius 2 is 1.69 bits per heavy atom. The van der Waals surface area contributed by atoms with Gasteiger partial charge in [0.25, 0.3) is 0 Å². The second-order valence-corrected chi connectivity index (χ2v) is 3.88. The third-order valence-corrected chi connectivity index (χ3v) is 2.30. The summed E-state index contributed by atoms with van der Waals surface area (Å²) in [5, 5.41) is 9.30. The Hall–Kier alpha value is -1.22. The van der Waals surface area contributed by atoms with Gasteiger partial charge in [0.2, 0.25) is 0 Å². The van der Waals surface area contributed by atoms with Crippen LogP contribution in [-0.4, -0.2) is 23.9 Å². The van der Waals surface area contributed by atoms with Crippen molar-refractivity contribution in [2.75, 3.05) is 6.61 Å². The summed E-state index contributed by atoms with van der Waals surface area (Å²) >= 11 is 0. The molecule has 1 unspecified atom stereocenters. The van der Waals surface area contributed by atoms with E-state index in [2.05, 4.69) is 6.92 Å². The Labute approximate surface area is 97.0 Å². The van der Waals surface area contributed by atoms with E-state index in [0.29, 0.717) is 0 Å². The highest BCUT2D eigenvalue weighted by atomic mass is 16.5. The summed E-state index contributed by atoms with van der Waals surface area (Å²) in [5.74, 6) is 1.59. The van der Waals surface area contributed by atoms with Gasteiger partial charge in [-0.2, -0.15) is 0 Å². The first-order valence-electron chi connectivity index (χ1n) is 5.71. The zero-order valence-corrected chi connectivity index (χ0v) is 10.1. The van der Waals surface area contributed by atoms with Crippen molar-refractivity contribution < 1.29 is 14.6 Å². The van der Waals surface area contributed by atoms with E-state index in [1.165, 1.54) is 0 Å². The lowest BCUT2D eigenvalue weighted by atomic mass is 10.2. The van der Waals surface area contributed by atoms with Crippen molar-refractivity contribution >= 4 is 0 Å². The SMILES string of the molecule is CCCOc1ccc(OC(C)[C@H](C)O)cc1. The maximum atomic E-state index is 9.30. The van der Waals surface area contributed by atoms with Crippen LogP contribution in [0.2, 0.25) is 0 Å². The van der Waals surface area contributed by atoms with Crippen LogP contribution in [0.25, 0.3) is 0 Å². The standard InChI is InChI=1S/C13H20O3/c1-4-9-15-12-5-7-13(8-6-12)16-11(3)10(2)14/h5-8,10-11,14H,4,9H2,1-3H3/t10-,11?/m0/s1. The Balaban J connectivity index is 2.51. The summed E-state index contributed by atoms with van der Waals surface area (Å²) < 4.78 is 11.0. The largest absolute Gasteiger partial charge is 0.494 e. The molecule has 1 aromatic rings. The lowest BCUT2D eigenvalue weighted by molar-refractivity contribution is 0.0604. The van der Waals surface area contributed by atoms with Crippen LogP contribution >= 0.6 is 0 Å². The quantitative estimate of drug-likeness (QED) is 0.807. The summed E-state index contributed by atoms with van der Waals surface area (Å²) in [7, 11) is 0. The van der Waals surface area contributed by atoms with Gasteiger partial charge in [-0.1, -0.05) is 6.92 Å². The van der Waals surface area contributed by atoms with E-state index >= 15 is 0 Å². The molecular formula is C13H20O3. The van der Waals surface area contributed by atoms with E-state index in [4.69, 9.17) is 9.47 Å². The lowest BCUT2D eigenvalue weighted by Crippen LogP contribution is -2.25. The van der Waals surface area contributed by atoms with Crippen molar-refractivity contribution in [3.05, 3.63) is 24.3 Å². The van der Waals surface area contributed by atoms with E-state index < -0.39 is 6.10 Å². The van der Waals surface area contributed by atoms with E-state index in [1.54, 1.807) is 6.92 Å². The normalized spacial score (nSPS) is 14.2. The van der Waals surface area contributed by atoms with Gasteiger partial charge in [0.05, 0.1) is 12.7 Å². The van der Waals surface area contributed by atoms with Gasteiger partial charge in [0.1, 0.15) is 17.6 Å². The van der Waals surface area contributed by atoms with Crippen molar-refractivity contribution in [2.45, 2.75) is 39.4 Å². The average molecular weight is 224 g/mol.